The summed E-state index contributed by atoms with van der Waals surface area (Å²) in [5, 5.41) is 17.8. The topological polar surface area (TPSA) is 90.5 Å². The molecule has 2 heterocycles. The zero-order valence-corrected chi connectivity index (χ0v) is 19.3. The Morgan fingerprint density at radius 1 is 1.00 bits per heavy atom. The minimum Gasteiger partial charge on any atom is -0.378 e. The van der Waals surface area contributed by atoms with Crippen LogP contribution in [0.2, 0.25) is 0 Å². The number of nitro benzene ring substituents is 1. The standard InChI is InChI=1S/C27H24N4O4/c1-2-7-19-8-3-4-9-21(19)26-22-10-5-6-11-23(22)27(32)30(28-26)25-18-20(12-13-24(25)31(33)34)29-14-16-35-17-15-29/h2-13,18H,14-17H2,1H3. The maximum absolute atomic E-state index is 13.6. The molecule has 1 aliphatic rings. The van der Waals surface area contributed by atoms with Crippen LogP contribution in [-0.4, -0.2) is 41.0 Å². The molecule has 0 amide bonds. The van der Waals surface area contributed by atoms with Crippen LogP contribution in [-0.2, 0) is 4.74 Å². The Hall–Kier alpha value is -4.30. The van der Waals surface area contributed by atoms with Crippen LogP contribution in [0.1, 0.15) is 12.5 Å². The van der Waals surface area contributed by atoms with Gasteiger partial charge in [-0.05, 0) is 30.7 Å². The van der Waals surface area contributed by atoms with Gasteiger partial charge in [0.2, 0.25) is 0 Å². The number of nitro groups is 1. The second-order valence-corrected chi connectivity index (χ2v) is 8.23. The Morgan fingerprint density at radius 2 is 1.71 bits per heavy atom. The molecule has 3 aromatic carbocycles. The Kier molecular flexibility index (Phi) is 6.12. The first-order valence-electron chi connectivity index (χ1n) is 11.4. The Bertz CT molecular complexity index is 1500. The quantitative estimate of drug-likeness (QED) is 0.308. The summed E-state index contributed by atoms with van der Waals surface area (Å²) in [6, 6.07) is 19.8. The van der Waals surface area contributed by atoms with Gasteiger partial charge >= 0.3 is 0 Å². The van der Waals surface area contributed by atoms with Gasteiger partial charge in [0.15, 0.2) is 0 Å². The zero-order valence-electron chi connectivity index (χ0n) is 19.3. The third-order valence-electron chi connectivity index (χ3n) is 6.13. The van der Waals surface area contributed by atoms with E-state index in [0.29, 0.717) is 42.8 Å². The predicted molar refractivity (Wildman–Crippen MR) is 137 cm³/mol. The van der Waals surface area contributed by atoms with Crippen LogP contribution < -0.4 is 10.5 Å². The number of morpholine rings is 1. The second-order valence-electron chi connectivity index (χ2n) is 8.23. The summed E-state index contributed by atoms with van der Waals surface area (Å²) in [5.41, 5.74) is 2.69. The minimum absolute atomic E-state index is 0.138. The molecule has 0 spiro atoms. The average Bonchev–Trinajstić information content (AvgIpc) is 2.90. The van der Waals surface area contributed by atoms with E-state index in [0.717, 1.165) is 16.8 Å². The van der Waals surface area contributed by atoms with E-state index in [2.05, 4.69) is 4.90 Å². The molecule has 0 unspecified atom stereocenters. The van der Waals surface area contributed by atoms with Crippen LogP contribution in [0.3, 0.4) is 0 Å². The van der Waals surface area contributed by atoms with E-state index in [1.165, 1.54) is 10.7 Å². The smallest absolute Gasteiger partial charge is 0.295 e. The number of ether oxygens (including phenoxy) is 1. The number of anilines is 1. The molecule has 35 heavy (non-hydrogen) atoms. The van der Waals surface area contributed by atoms with Gasteiger partial charge < -0.3 is 9.64 Å². The van der Waals surface area contributed by atoms with E-state index in [-0.39, 0.29) is 11.4 Å². The van der Waals surface area contributed by atoms with Crippen molar-refractivity contribution >= 4 is 28.2 Å². The van der Waals surface area contributed by atoms with Gasteiger partial charge in [0, 0.05) is 35.8 Å². The normalized spacial score (nSPS) is 14.0. The SMILES string of the molecule is CC=Cc1ccccc1-c1nn(-c2cc(N3CCOCC3)ccc2[N+](=O)[O-])c(=O)c2ccccc12. The van der Waals surface area contributed by atoms with Gasteiger partial charge in [-0.25, -0.2) is 0 Å². The van der Waals surface area contributed by atoms with Gasteiger partial charge in [0.05, 0.1) is 29.2 Å². The number of nitrogens with zero attached hydrogens (tertiary/aromatic N) is 4. The highest BCUT2D eigenvalue weighted by Crippen LogP contribution is 2.32. The van der Waals surface area contributed by atoms with Gasteiger partial charge in [-0.2, -0.15) is 9.78 Å². The fourth-order valence-electron chi connectivity index (χ4n) is 4.44. The molecular formula is C27H24N4O4. The number of hydrogen-bond acceptors (Lipinski definition) is 6. The van der Waals surface area contributed by atoms with Crippen LogP contribution >= 0.6 is 0 Å². The summed E-state index contributed by atoms with van der Waals surface area (Å²) < 4.78 is 6.61. The first-order chi connectivity index (χ1) is 17.1. The van der Waals surface area contributed by atoms with Crippen molar-refractivity contribution in [1.82, 2.24) is 9.78 Å². The summed E-state index contributed by atoms with van der Waals surface area (Å²) in [7, 11) is 0. The zero-order chi connectivity index (χ0) is 24.4. The van der Waals surface area contributed by atoms with Crippen molar-refractivity contribution in [3.63, 3.8) is 0 Å². The summed E-state index contributed by atoms with van der Waals surface area (Å²) in [4.78, 5) is 27.2. The summed E-state index contributed by atoms with van der Waals surface area (Å²) >= 11 is 0. The van der Waals surface area contributed by atoms with Gasteiger partial charge in [0.1, 0.15) is 5.69 Å². The van der Waals surface area contributed by atoms with E-state index in [4.69, 9.17) is 9.84 Å². The number of rotatable bonds is 5. The molecule has 0 radical (unpaired) electrons. The summed E-state index contributed by atoms with van der Waals surface area (Å²) in [6.45, 7) is 4.42. The molecule has 0 bridgehead atoms. The van der Waals surface area contributed by atoms with Gasteiger partial charge in [-0.1, -0.05) is 54.6 Å². The highest BCUT2D eigenvalue weighted by Gasteiger charge is 2.23. The van der Waals surface area contributed by atoms with Crippen molar-refractivity contribution in [2.45, 2.75) is 6.92 Å². The molecule has 0 aliphatic carbocycles. The van der Waals surface area contributed by atoms with E-state index in [1.54, 1.807) is 24.3 Å². The number of benzene rings is 3. The Labute approximate surface area is 201 Å². The lowest BCUT2D eigenvalue weighted by atomic mass is 9.99. The fraction of sp³-hybridized carbons (Fsp3) is 0.185. The van der Waals surface area contributed by atoms with Crippen molar-refractivity contribution in [3.05, 3.63) is 98.8 Å². The van der Waals surface area contributed by atoms with Crippen LogP contribution in [0.25, 0.3) is 33.8 Å². The van der Waals surface area contributed by atoms with E-state index >= 15 is 0 Å². The maximum atomic E-state index is 13.6. The Balaban J connectivity index is 1.80. The average molecular weight is 469 g/mol. The van der Waals surface area contributed by atoms with Gasteiger partial charge in [-0.3, -0.25) is 14.9 Å². The number of aromatic nitrogens is 2. The van der Waals surface area contributed by atoms with Gasteiger partial charge in [0.25, 0.3) is 11.2 Å². The monoisotopic (exact) mass is 468 g/mol. The number of allylic oxidation sites excluding steroid dienone is 1. The van der Waals surface area contributed by atoms with Crippen LogP contribution in [0.4, 0.5) is 11.4 Å². The largest absolute Gasteiger partial charge is 0.378 e. The van der Waals surface area contributed by atoms with Crippen molar-refractivity contribution in [3.8, 4) is 16.9 Å². The maximum Gasteiger partial charge on any atom is 0.295 e. The minimum atomic E-state index is -0.477. The number of fused-ring (bicyclic) bond motifs is 1. The lowest BCUT2D eigenvalue weighted by Gasteiger charge is -2.29. The molecule has 176 valence electrons. The fourth-order valence-corrected chi connectivity index (χ4v) is 4.44. The molecule has 8 nitrogen and oxygen atoms in total. The Morgan fingerprint density at radius 3 is 2.46 bits per heavy atom. The third-order valence-corrected chi connectivity index (χ3v) is 6.13. The molecule has 1 fully saturated rings. The molecule has 1 saturated heterocycles. The lowest BCUT2D eigenvalue weighted by molar-refractivity contribution is -0.384. The summed E-state index contributed by atoms with van der Waals surface area (Å²) in [6.07, 6.45) is 3.91. The van der Waals surface area contributed by atoms with E-state index < -0.39 is 10.5 Å². The second kappa shape index (κ2) is 9.52. The molecule has 0 atom stereocenters. The van der Waals surface area contributed by atoms with Crippen molar-refractivity contribution in [2.24, 2.45) is 0 Å². The van der Waals surface area contributed by atoms with Crippen molar-refractivity contribution in [1.29, 1.82) is 0 Å². The molecule has 4 aromatic rings. The molecule has 1 aromatic heterocycles. The summed E-state index contributed by atoms with van der Waals surface area (Å²) in [5.74, 6) is 0. The van der Waals surface area contributed by atoms with E-state index in [1.807, 2.05) is 55.5 Å². The first-order valence-corrected chi connectivity index (χ1v) is 11.4. The third kappa shape index (κ3) is 4.20. The molecular weight excluding hydrogens is 444 g/mol. The van der Waals surface area contributed by atoms with Crippen LogP contribution in [0, 0.1) is 10.1 Å². The predicted octanol–water partition coefficient (Wildman–Crippen LogP) is 4.83. The van der Waals surface area contributed by atoms with Crippen molar-refractivity contribution in [2.75, 3.05) is 31.2 Å². The first kappa shape index (κ1) is 22.5. The number of hydrogen-bond donors (Lipinski definition) is 0. The highest BCUT2D eigenvalue weighted by atomic mass is 16.6. The molecule has 5 rings (SSSR count). The molecule has 8 heteroatoms. The van der Waals surface area contributed by atoms with Gasteiger partial charge in [-0.15, -0.1) is 0 Å². The highest BCUT2D eigenvalue weighted by molar-refractivity contribution is 5.96. The molecule has 0 N–H and O–H groups in total. The molecule has 1 aliphatic heterocycles. The lowest BCUT2D eigenvalue weighted by Crippen LogP contribution is -2.36. The van der Waals surface area contributed by atoms with Crippen LogP contribution in [0.15, 0.2) is 77.6 Å². The van der Waals surface area contributed by atoms with Crippen molar-refractivity contribution < 1.29 is 9.66 Å². The van der Waals surface area contributed by atoms with E-state index in [9.17, 15) is 14.9 Å². The van der Waals surface area contributed by atoms with Crippen LogP contribution in [0.5, 0.6) is 0 Å². The molecule has 0 saturated carbocycles.